The molecule has 0 bridgehead atoms. The second kappa shape index (κ2) is 7.90. The molecule has 2 aromatic heterocycles. The normalized spacial score (nSPS) is 10.8. The molecule has 0 atom stereocenters. The van der Waals surface area contributed by atoms with Crippen LogP contribution in [0.4, 0.5) is 4.39 Å². The molecule has 0 fully saturated rings. The van der Waals surface area contributed by atoms with Gasteiger partial charge in [0.05, 0.1) is 18.7 Å². The zero-order valence-corrected chi connectivity index (χ0v) is 14.2. The van der Waals surface area contributed by atoms with Gasteiger partial charge in [-0.15, -0.1) is 0 Å². The maximum atomic E-state index is 13.5. The summed E-state index contributed by atoms with van der Waals surface area (Å²) in [6.45, 7) is 6.47. The molecule has 2 heterocycles. The predicted molar refractivity (Wildman–Crippen MR) is 87.3 cm³/mol. The van der Waals surface area contributed by atoms with Crippen molar-refractivity contribution in [3.63, 3.8) is 0 Å². The first-order chi connectivity index (χ1) is 11.5. The number of rotatable bonds is 7. The number of carbonyl (C=O) groups excluding carboxylic acids is 2. The van der Waals surface area contributed by atoms with Crippen LogP contribution in [0.1, 0.15) is 42.9 Å². The number of aromatic nitrogens is 2. The van der Waals surface area contributed by atoms with Crippen molar-refractivity contribution in [2.75, 3.05) is 19.7 Å². The van der Waals surface area contributed by atoms with Gasteiger partial charge in [0.2, 0.25) is 0 Å². The van der Waals surface area contributed by atoms with Gasteiger partial charge in [0.1, 0.15) is 17.2 Å². The fourth-order valence-corrected chi connectivity index (χ4v) is 2.59. The molecule has 0 aliphatic heterocycles. The Hall–Kier alpha value is -2.44. The fourth-order valence-electron chi connectivity index (χ4n) is 2.59. The molecule has 0 saturated heterocycles. The van der Waals surface area contributed by atoms with E-state index in [0.717, 1.165) is 6.42 Å². The Morgan fingerprint density at radius 1 is 1.29 bits per heavy atom. The summed E-state index contributed by atoms with van der Waals surface area (Å²) in [6, 6.07) is 2.84. The number of aryl methyl sites for hydroxylation is 1. The number of hydrogen-bond acceptors (Lipinski definition) is 4. The first-order valence-corrected chi connectivity index (χ1v) is 8.07. The van der Waals surface area contributed by atoms with Crippen LogP contribution in [-0.4, -0.2) is 45.9 Å². The van der Waals surface area contributed by atoms with Gasteiger partial charge in [-0.1, -0.05) is 6.92 Å². The number of nitrogens with zero attached hydrogens (tertiary/aromatic N) is 3. The topological polar surface area (TPSA) is 63.9 Å². The van der Waals surface area contributed by atoms with E-state index in [4.69, 9.17) is 4.74 Å². The average molecular weight is 335 g/mol. The number of imidazole rings is 1. The molecule has 0 saturated carbocycles. The average Bonchev–Trinajstić information content (AvgIpc) is 2.86. The van der Waals surface area contributed by atoms with Crippen LogP contribution in [0.15, 0.2) is 18.3 Å². The first kappa shape index (κ1) is 17.9. The Morgan fingerprint density at radius 2 is 2.04 bits per heavy atom. The highest BCUT2D eigenvalue weighted by Crippen LogP contribution is 2.16. The van der Waals surface area contributed by atoms with Crippen molar-refractivity contribution in [1.82, 2.24) is 14.3 Å². The van der Waals surface area contributed by atoms with Crippen molar-refractivity contribution in [2.24, 2.45) is 0 Å². The Bertz CT molecular complexity index is 742. The van der Waals surface area contributed by atoms with E-state index in [1.807, 2.05) is 6.92 Å². The van der Waals surface area contributed by atoms with Crippen molar-refractivity contribution in [3.8, 4) is 0 Å². The smallest absolute Gasteiger partial charge is 0.307 e. The zero-order chi connectivity index (χ0) is 17.7. The number of pyridine rings is 1. The molecule has 7 heteroatoms. The third-order valence-electron chi connectivity index (χ3n) is 3.63. The lowest BCUT2D eigenvalue weighted by atomic mass is 10.2. The van der Waals surface area contributed by atoms with E-state index in [2.05, 4.69) is 4.98 Å². The highest BCUT2D eigenvalue weighted by Gasteiger charge is 2.23. The number of hydrogen-bond donors (Lipinski definition) is 0. The van der Waals surface area contributed by atoms with Crippen LogP contribution < -0.4 is 0 Å². The highest BCUT2D eigenvalue weighted by atomic mass is 19.1. The Kier molecular flexibility index (Phi) is 5.89. The molecule has 0 radical (unpaired) electrons. The number of carbonyl (C=O) groups is 2. The number of esters is 1. The van der Waals surface area contributed by atoms with E-state index in [0.29, 0.717) is 30.2 Å². The molecule has 0 N–H and O–H groups in total. The largest absolute Gasteiger partial charge is 0.466 e. The lowest BCUT2D eigenvalue weighted by Gasteiger charge is -2.21. The lowest BCUT2D eigenvalue weighted by Crippen LogP contribution is -2.35. The maximum absolute atomic E-state index is 13.5. The molecule has 2 rings (SSSR count). The molecule has 0 aliphatic carbocycles. The second-order valence-corrected chi connectivity index (χ2v) is 5.47. The number of fused-ring (bicyclic) bond motifs is 1. The second-order valence-electron chi connectivity index (χ2n) is 5.47. The standard InChI is InChI=1S/C17H22FN3O3/c1-4-9-20(10-8-15(22)24-5-2)17(23)16-12(3)19-14-7-6-13(18)11-21(14)16/h6-7,11H,4-5,8-10H2,1-3H3. The minimum Gasteiger partial charge on any atom is -0.466 e. The summed E-state index contributed by atoms with van der Waals surface area (Å²) < 4.78 is 19.9. The van der Waals surface area contributed by atoms with Crippen LogP contribution in [-0.2, 0) is 9.53 Å². The first-order valence-electron chi connectivity index (χ1n) is 8.07. The van der Waals surface area contributed by atoms with Crippen molar-refractivity contribution in [1.29, 1.82) is 0 Å². The summed E-state index contributed by atoms with van der Waals surface area (Å²) >= 11 is 0. The summed E-state index contributed by atoms with van der Waals surface area (Å²) in [7, 11) is 0. The molecule has 24 heavy (non-hydrogen) atoms. The summed E-state index contributed by atoms with van der Waals surface area (Å²) in [5.74, 6) is -1.05. The van der Waals surface area contributed by atoms with Gasteiger partial charge in [0.25, 0.3) is 5.91 Å². The van der Waals surface area contributed by atoms with E-state index in [1.54, 1.807) is 18.7 Å². The quantitative estimate of drug-likeness (QED) is 0.730. The van der Waals surface area contributed by atoms with Crippen LogP contribution in [0, 0.1) is 12.7 Å². The number of halogens is 1. The molecule has 6 nitrogen and oxygen atoms in total. The molecule has 0 aliphatic rings. The lowest BCUT2D eigenvalue weighted by molar-refractivity contribution is -0.143. The Balaban J connectivity index is 2.27. The number of amides is 1. The summed E-state index contributed by atoms with van der Waals surface area (Å²) in [4.78, 5) is 30.3. The van der Waals surface area contributed by atoms with Gasteiger partial charge in [-0.25, -0.2) is 9.37 Å². The van der Waals surface area contributed by atoms with Gasteiger partial charge >= 0.3 is 5.97 Å². The maximum Gasteiger partial charge on any atom is 0.307 e. The fraction of sp³-hybridized carbons (Fsp3) is 0.471. The van der Waals surface area contributed by atoms with Crippen LogP contribution in [0.25, 0.3) is 5.65 Å². The third kappa shape index (κ3) is 3.90. The van der Waals surface area contributed by atoms with E-state index >= 15 is 0 Å². The van der Waals surface area contributed by atoms with Gasteiger partial charge in [-0.05, 0) is 32.4 Å². The van der Waals surface area contributed by atoms with Crippen LogP contribution in [0.3, 0.4) is 0 Å². The van der Waals surface area contributed by atoms with Crippen molar-refractivity contribution < 1.29 is 18.7 Å². The van der Waals surface area contributed by atoms with E-state index in [9.17, 15) is 14.0 Å². The van der Waals surface area contributed by atoms with Crippen LogP contribution >= 0.6 is 0 Å². The van der Waals surface area contributed by atoms with Gasteiger partial charge in [-0.2, -0.15) is 0 Å². The Labute approximate surface area is 140 Å². The molecule has 2 aromatic rings. The molecule has 1 amide bonds. The molecular formula is C17H22FN3O3. The molecular weight excluding hydrogens is 313 g/mol. The van der Waals surface area contributed by atoms with Crippen molar-refractivity contribution in [2.45, 2.75) is 33.6 Å². The SMILES string of the molecule is CCCN(CCC(=O)OCC)C(=O)c1c(C)nc2ccc(F)cn12. The van der Waals surface area contributed by atoms with Crippen LogP contribution in [0.5, 0.6) is 0 Å². The van der Waals surface area contributed by atoms with Crippen molar-refractivity contribution >= 4 is 17.5 Å². The molecule has 0 unspecified atom stereocenters. The summed E-state index contributed by atoms with van der Waals surface area (Å²) in [5, 5.41) is 0. The van der Waals surface area contributed by atoms with Gasteiger partial charge < -0.3 is 9.64 Å². The molecule has 0 aromatic carbocycles. The predicted octanol–water partition coefficient (Wildman–Crippen LogP) is 2.59. The minimum absolute atomic E-state index is 0.129. The highest BCUT2D eigenvalue weighted by molar-refractivity contribution is 5.95. The van der Waals surface area contributed by atoms with E-state index in [1.165, 1.54) is 22.7 Å². The third-order valence-corrected chi connectivity index (χ3v) is 3.63. The molecule has 130 valence electrons. The summed E-state index contributed by atoms with van der Waals surface area (Å²) in [5.41, 5.74) is 1.36. The molecule has 0 spiro atoms. The summed E-state index contributed by atoms with van der Waals surface area (Å²) in [6.07, 6.45) is 2.13. The Morgan fingerprint density at radius 3 is 2.71 bits per heavy atom. The number of ether oxygens (including phenoxy) is 1. The van der Waals surface area contributed by atoms with Gasteiger partial charge in [0.15, 0.2) is 0 Å². The zero-order valence-electron chi connectivity index (χ0n) is 14.2. The van der Waals surface area contributed by atoms with Gasteiger partial charge in [-0.3, -0.25) is 14.0 Å². The monoisotopic (exact) mass is 335 g/mol. The van der Waals surface area contributed by atoms with Crippen molar-refractivity contribution in [3.05, 3.63) is 35.5 Å². The van der Waals surface area contributed by atoms with Crippen LogP contribution in [0.2, 0.25) is 0 Å². The van der Waals surface area contributed by atoms with E-state index in [-0.39, 0.29) is 24.8 Å². The van der Waals surface area contributed by atoms with E-state index < -0.39 is 5.82 Å². The minimum atomic E-state index is -0.442. The van der Waals surface area contributed by atoms with Gasteiger partial charge in [0, 0.05) is 19.3 Å².